The van der Waals surface area contributed by atoms with Crippen molar-refractivity contribution in [2.24, 2.45) is 0 Å². The van der Waals surface area contributed by atoms with Crippen molar-refractivity contribution < 1.29 is 9.63 Å². The summed E-state index contributed by atoms with van der Waals surface area (Å²) in [4.78, 5) is 18.2. The van der Waals surface area contributed by atoms with E-state index in [1.165, 1.54) is 37.5 Å². The largest absolute Gasteiger partial charge is 0.274 e. The number of benzene rings is 2. The normalized spacial score (nSPS) is 10.7. The Bertz CT molecular complexity index is 1080. The molecule has 3 rings (SSSR count). The summed E-state index contributed by atoms with van der Waals surface area (Å²) in [5.41, 5.74) is 3.27. The molecule has 1 heterocycles. The number of hydrogen-bond acceptors (Lipinski definition) is 5. The van der Waals surface area contributed by atoms with E-state index in [1.54, 1.807) is 12.1 Å². The minimum absolute atomic E-state index is 0.325. The number of aromatic nitrogens is 4. The van der Waals surface area contributed by atoms with Gasteiger partial charge in [-0.25, -0.2) is 5.10 Å². The number of anilines is 1. The van der Waals surface area contributed by atoms with E-state index in [0.717, 1.165) is 24.0 Å². The standard InChI is InChI=1S/C25H27N5O2/c1-3-4-5-6-7-8-11-20-14-16-21(17-15-20)18-19-24(31)30(32-2)23-13-10-9-12-22(23)25-26-28-29-27-25/h9-10,12-19H,3-6,11H2,1-2H3,(H,26,27,28,29)/b19-18+. The summed E-state index contributed by atoms with van der Waals surface area (Å²) in [5.74, 6) is 6.58. The molecule has 1 amide bonds. The van der Waals surface area contributed by atoms with E-state index < -0.39 is 0 Å². The predicted molar refractivity (Wildman–Crippen MR) is 125 cm³/mol. The molecule has 7 nitrogen and oxygen atoms in total. The first-order chi connectivity index (χ1) is 15.7. The summed E-state index contributed by atoms with van der Waals surface area (Å²) in [6.07, 6.45) is 8.54. The van der Waals surface area contributed by atoms with Crippen LogP contribution in [-0.4, -0.2) is 33.6 Å². The molecule has 0 fully saturated rings. The molecule has 0 saturated carbocycles. The van der Waals surface area contributed by atoms with Gasteiger partial charge in [0.1, 0.15) is 0 Å². The highest BCUT2D eigenvalue weighted by atomic mass is 16.7. The Balaban J connectivity index is 1.64. The maximum atomic E-state index is 12.8. The highest BCUT2D eigenvalue weighted by Gasteiger charge is 2.19. The summed E-state index contributed by atoms with van der Waals surface area (Å²) in [5, 5.41) is 15.0. The van der Waals surface area contributed by atoms with E-state index in [0.29, 0.717) is 17.1 Å². The molecule has 32 heavy (non-hydrogen) atoms. The van der Waals surface area contributed by atoms with Gasteiger partial charge in [0.15, 0.2) is 5.82 Å². The third-order valence-corrected chi connectivity index (χ3v) is 4.83. The minimum atomic E-state index is -0.325. The topological polar surface area (TPSA) is 84.0 Å². The molecule has 0 saturated heterocycles. The van der Waals surface area contributed by atoms with Gasteiger partial charge in [0.25, 0.3) is 5.91 Å². The zero-order valence-corrected chi connectivity index (χ0v) is 18.4. The van der Waals surface area contributed by atoms with Crippen LogP contribution in [0, 0.1) is 11.8 Å². The number of hydrogen-bond donors (Lipinski definition) is 1. The average Bonchev–Trinajstić information content (AvgIpc) is 3.36. The van der Waals surface area contributed by atoms with Crippen LogP contribution in [0.25, 0.3) is 17.5 Å². The van der Waals surface area contributed by atoms with E-state index in [2.05, 4.69) is 39.4 Å². The minimum Gasteiger partial charge on any atom is -0.269 e. The van der Waals surface area contributed by atoms with Crippen molar-refractivity contribution in [3.8, 4) is 23.2 Å². The van der Waals surface area contributed by atoms with Crippen LogP contribution < -0.4 is 5.06 Å². The molecule has 2 aromatic carbocycles. The lowest BCUT2D eigenvalue weighted by Crippen LogP contribution is -2.28. The summed E-state index contributed by atoms with van der Waals surface area (Å²) in [6, 6.07) is 15.3. The number of H-pyrrole nitrogens is 1. The van der Waals surface area contributed by atoms with Crippen LogP contribution in [0.3, 0.4) is 0 Å². The van der Waals surface area contributed by atoms with Gasteiger partial charge in [0, 0.05) is 24.5 Å². The molecule has 1 N–H and O–H groups in total. The number of hydroxylamine groups is 1. The highest BCUT2D eigenvalue weighted by molar-refractivity contribution is 6.04. The number of rotatable bonds is 9. The molecule has 164 valence electrons. The van der Waals surface area contributed by atoms with Crippen LogP contribution in [0.5, 0.6) is 0 Å². The van der Waals surface area contributed by atoms with E-state index in [4.69, 9.17) is 4.84 Å². The number of tetrazole rings is 1. The molecular weight excluding hydrogens is 402 g/mol. The van der Waals surface area contributed by atoms with Gasteiger partial charge >= 0.3 is 0 Å². The molecule has 1 aromatic heterocycles. The van der Waals surface area contributed by atoms with Gasteiger partial charge in [-0.3, -0.25) is 9.63 Å². The van der Waals surface area contributed by atoms with Gasteiger partial charge in [-0.05, 0) is 46.2 Å². The lowest BCUT2D eigenvalue weighted by atomic mass is 10.1. The van der Waals surface area contributed by atoms with Gasteiger partial charge in [-0.1, -0.05) is 62.1 Å². The zero-order valence-electron chi connectivity index (χ0n) is 18.4. The molecule has 0 bridgehead atoms. The Hall–Kier alpha value is -3.76. The summed E-state index contributed by atoms with van der Waals surface area (Å²) in [7, 11) is 1.44. The molecule has 7 heteroatoms. The van der Waals surface area contributed by atoms with Crippen LogP contribution >= 0.6 is 0 Å². The third kappa shape index (κ3) is 6.37. The average molecular weight is 430 g/mol. The van der Waals surface area contributed by atoms with Gasteiger partial charge in [-0.15, -0.1) is 11.0 Å². The van der Waals surface area contributed by atoms with Crippen molar-refractivity contribution in [1.29, 1.82) is 0 Å². The van der Waals surface area contributed by atoms with Gasteiger partial charge in [-0.2, -0.15) is 5.06 Å². The fourth-order valence-corrected chi connectivity index (χ4v) is 3.13. The smallest absolute Gasteiger partial charge is 0.269 e. The number of unbranched alkanes of at least 4 members (excludes halogenated alkanes) is 3. The van der Waals surface area contributed by atoms with Gasteiger partial charge in [0.05, 0.1) is 12.8 Å². The fourth-order valence-electron chi connectivity index (χ4n) is 3.13. The number of para-hydroxylation sites is 1. The van der Waals surface area contributed by atoms with E-state index >= 15 is 0 Å². The maximum Gasteiger partial charge on any atom is 0.274 e. The SMILES string of the molecule is CCCCCC#CCc1ccc(/C=C/C(=O)N(OC)c2ccccc2-c2nnn[nH]2)cc1. The molecule has 0 aliphatic rings. The van der Waals surface area contributed by atoms with Crippen molar-refractivity contribution in [2.75, 3.05) is 12.2 Å². The van der Waals surface area contributed by atoms with Crippen molar-refractivity contribution >= 4 is 17.7 Å². The first kappa shape index (κ1) is 22.9. The quantitative estimate of drug-likeness (QED) is 0.233. The molecule has 0 spiro atoms. The Morgan fingerprint density at radius 3 is 2.66 bits per heavy atom. The van der Waals surface area contributed by atoms with E-state index in [9.17, 15) is 4.79 Å². The number of amides is 1. The predicted octanol–water partition coefficient (Wildman–Crippen LogP) is 4.60. The highest BCUT2D eigenvalue weighted by Crippen LogP contribution is 2.28. The number of nitrogens with one attached hydrogen (secondary N) is 1. The number of carbonyl (C=O) groups is 1. The number of carbonyl (C=O) groups excluding carboxylic acids is 1. The second-order valence-electron chi connectivity index (χ2n) is 7.14. The molecule has 3 aromatic rings. The number of aromatic amines is 1. The Morgan fingerprint density at radius 2 is 1.94 bits per heavy atom. The lowest BCUT2D eigenvalue weighted by Gasteiger charge is -2.20. The first-order valence-corrected chi connectivity index (χ1v) is 10.7. The summed E-state index contributed by atoms with van der Waals surface area (Å²) >= 11 is 0. The molecule has 0 aliphatic carbocycles. The van der Waals surface area contributed by atoms with Crippen LogP contribution in [0.1, 0.15) is 43.7 Å². The molecule has 0 atom stereocenters. The van der Waals surface area contributed by atoms with Gasteiger partial charge < -0.3 is 0 Å². The Morgan fingerprint density at radius 1 is 1.12 bits per heavy atom. The third-order valence-electron chi connectivity index (χ3n) is 4.83. The number of nitrogens with zero attached hydrogens (tertiary/aromatic N) is 4. The monoisotopic (exact) mass is 429 g/mol. The molecule has 0 aliphatic heterocycles. The first-order valence-electron chi connectivity index (χ1n) is 10.7. The van der Waals surface area contributed by atoms with Crippen LogP contribution in [0.15, 0.2) is 54.6 Å². The zero-order chi connectivity index (χ0) is 22.6. The molecule has 0 unspecified atom stereocenters. The Labute approximate surface area is 188 Å². The second-order valence-corrected chi connectivity index (χ2v) is 7.14. The summed E-state index contributed by atoms with van der Waals surface area (Å²) in [6.45, 7) is 2.19. The molecular formula is C25H27N5O2. The van der Waals surface area contributed by atoms with E-state index in [1.807, 2.05) is 42.5 Å². The molecule has 0 radical (unpaired) electrons. The van der Waals surface area contributed by atoms with Crippen molar-refractivity contribution in [3.63, 3.8) is 0 Å². The Kier molecular flexibility index (Phi) is 8.72. The maximum absolute atomic E-state index is 12.8. The van der Waals surface area contributed by atoms with Crippen molar-refractivity contribution in [1.82, 2.24) is 20.6 Å². The lowest BCUT2D eigenvalue weighted by molar-refractivity contribution is -0.120. The fraction of sp³-hybridized carbons (Fsp3) is 0.280. The van der Waals surface area contributed by atoms with Gasteiger partial charge in [0.2, 0.25) is 0 Å². The van der Waals surface area contributed by atoms with E-state index in [-0.39, 0.29) is 5.91 Å². The second kappa shape index (κ2) is 12.2. The summed E-state index contributed by atoms with van der Waals surface area (Å²) < 4.78 is 0. The van der Waals surface area contributed by atoms with Crippen molar-refractivity contribution in [2.45, 2.75) is 39.0 Å². The van der Waals surface area contributed by atoms with Crippen LogP contribution in [-0.2, 0) is 16.1 Å². The van der Waals surface area contributed by atoms with Crippen LogP contribution in [0.2, 0.25) is 0 Å². The van der Waals surface area contributed by atoms with Crippen molar-refractivity contribution in [3.05, 3.63) is 65.7 Å². The van der Waals surface area contributed by atoms with Crippen LogP contribution in [0.4, 0.5) is 5.69 Å².